The Bertz CT molecular complexity index is 1980. The highest BCUT2D eigenvalue weighted by molar-refractivity contribution is 6.30. The number of carbonyl (C=O) groups is 3. The summed E-state index contributed by atoms with van der Waals surface area (Å²) in [4.78, 5) is 47.9. The van der Waals surface area contributed by atoms with E-state index in [-0.39, 0.29) is 28.6 Å². The monoisotopic (exact) mass is 601 g/mol. The summed E-state index contributed by atoms with van der Waals surface area (Å²) in [6.07, 6.45) is 9.86. The Kier molecular flexibility index (Phi) is 7.81. The second-order valence-electron chi connectivity index (χ2n) is 9.77. The Labute approximate surface area is 256 Å². The lowest BCUT2D eigenvalue weighted by atomic mass is 10.1. The third-order valence-corrected chi connectivity index (χ3v) is 7.12. The second kappa shape index (κ2) is 12.2. The van der Waals surface area contributed by atoms with E-state index in [4.69, 9.17) is 11.6 Å². The van der Waals surface area contributed by atoms with Gasteiger partial charge >= 0.3 is 0 Å². The topological polar surface area (TPSA) is 131 Å². The third-order valence-electron chi connectivity index (χ3n) is 6.87. The molecule has 216 valence electrons. The molecule has 0 fully saturated rings. The number of anilines is 2. The number of carbonyl (C=O) groups excluding carboxylic acids is 3. The van der Waals surface area contributed by atoms with Crippen LogP contribution in [0.4, 0.5) is 11.4 Å². The van der Waals surface area contributed by atoms with E-state index in [0.29, 0.717) is 27.9 Å². The molecular weight excluding hydrogens is 578 g/mol. The van der Waals surface area contributed by atoms with Crippen LogP contribution in [-0.4, -0.2) is 28.4 Å². The Morgan fingerprint density at radius 3 is 2.48 bits per heavy atom. The van der Waals surface area contributed by atoms with E-state index in [9.17, 15) is 14.4 Å². The SMILES string of the molecule is CC1=N/C(=C/c2c[nH]c3ccccc23)C(=O)N1c1ccc(C(=O)N=N/C(NNc2ccc(Cl)cc2)=C2\C=CC=CC2=O)cc1. The summed E-state index contributed by atoms with van der Waals surface area (Å²) in [5.41, 5.74) is 9.59. The van der Waals surface area contributed by atoms with Crippen LogP contribution in [-0.2, 0) is 9.59 Å². The minimum absolute atomic E-state index is 0.0551. The number of ketones is 1. The first-order valence-corrected chi connectivity index (χ1v) is 13.9. The summed E-state index contributed by atoms with van der Waals surface area (Å²) in [6.45, 7) is 1.75. The quantitative estimate of drug-likeness (QED) is 0.123. The minimum atomic E-state index is -0.635. The van der Waals surface area contributed by atoms with Gasteiger partial charge in [0.25, 0.3) is 11.8 Å². The molecule has 3 N–H and O–H groups in total. The maximum atomic E-state index is 13.3. The van der Waals surface area contributed by atoms with Gasteiger partial charge in [-0.1, -0.05) is 42.0 Å². The van der Waals surface area contributed by atoms with E-state index in [1.54, 1.807) is 79.8 Å². The van der Waals surface area contributed by atoms with Crippen LogP contribution in [0, 0.1) is 0 Å². The highest BCUT2D eigenvalue weighted by Crippen LogP contribution is 2.28. The predicted molar refractivity (Wildman–Crippen MR) is 171 cm³/mol. The smallest absolute Gasteiger partial charge is 0.295 e. The number of amides is 2. The molecular formula is C33H24ClN7O3. The molecule has 10 nitrogen and oxygen atoms in total. The van der Waals surface area contributed by atoms with Crippen molar-refractivity contribution in [3.8, 4) is 0 Å². The number of halogens is 1. The van der Waals surface area contributed by atoms with E-state index in [1.807, 2.05) is 30.5 Å². The van der Waals surface area contributed by atoms with Crippen LogP contribution >= 0.6 is 11.6 Å². The van der Waals surface area contributed by atoms with Crippen LogP contribution in [0.2, 0.25) is 5.02 Å². The zero-order valence-electron chi connectivity index (χ0n) is 23.3. The summed E-state index contributed by atoms with van der Waals surface area (Å²) >= 11 is 5.95. The molecule has 3 aromatic carbocycles. The van der Waals surface area contributed by atoms with Crippen LogP contribution in [0.15, 0.2) is 136 Å². The Hall–Kier alpha value is -5.87. The van der Waals surface area contributed by atoms with Crippen molar-refractivity contribution < 1.29 is 14.4 Å². The molecule has 0 radical (unpaired) electrons. The lowest BCUT2D eigenvalue weighted by Crippen LogP contribution is -2.30. The number of amidine groups is 1. The van der Waals surface area contributed by atoms with E-state index in [2.05, 4.69) is 31.1 Å². The van der Waals surface area contributed by atoms with E-state index in [0.717, 1.165) is 16.5 Å². The van der Waals surface area contributed by atoms with E-state index in [1.165, 1.54) is 11.0 Å². The van der Waals surface area contributed by atoms with Crippen molar-refractivity contribution >= 4 is 63.4 Å². The van der Waals surface area contributed by atoms with Crippen molar-refractivity contribution in [2.24, 2.45) is 15.2 Å². The Morgan fingerprint density at radius 1 is 0.955 bits per heavy atom. The van der Waals surface area contributed by atoms with Gasteiger partial charge in [0.2, 0.25) is 0 Å². The number of aliphatic imine (C=N–C) groups is 1. The lowest BCUT2D eigenvalue weighted by Gasteiger charge is -2.16. The summed E-state index contributed by atoms with van der Waals surface area (Å²) in [7, 11) is 0. The normalized spacial score (nSPS) is 16.7. The maximum Gasteiger partial charge on any atom is 0.295 e. The van der Waals surface area contributed by atoms with Gasteiger partial charge in [0.1, 0.15) is 11.5 Å². The highest BCUT2D eigenvalue weighted by Gasteiger charge is 2.29. The van der Waals surface area contributed by atoms with Gasteiger partial charge in [-0.25, -0.2) is 4.99 Å². The molecule has 6 rings (SSSR count). The number of fused-ring (bicyclic) bond motifs is 1. The second-order valence-corrected chi connectivity index (χ2v) is 10.2. The lowest BCUT2D eigenvalue weighted by molar-refractivity contribution is -0.114. The van der Waals surface area contributed by atoms with Crippen molar-refractivity contribution in [1.29, 1.82) is 0 Å². The van der Waals surface area contributed by atoms with Crippen molar-refractivity contribution in [2.45, 2.75) is 6.92 Å². The number of nitrogens with zero attached hydrogens (tertiary/aromatic N) is 4. The van der Waals surface area contributed by atoms with Gasteiger partial charge in [0.05, 0.1) is 16.9 Å². The number of hydrazine groups is 1. The molecule has 0 bridgehead atoms. The van der Waals surface area contributed by atoms with Crippen molar-refractivity contribution in [1.82, 2.24) is 10.4 Å². The molecule has 1 aliphatic heterocycles. The van der Waals surface area contributed by atoms with Gasteiger partial charge in [-0.15, -0.1) is 10.2 Å². The molecule has 2 aliphatic rings. The number of H-pyrrole nitrogens is 1. The molecule has 1 aromatic heterocycles. The molecule has 1 aliphatic carbocycles. The first-order chi connectivity index (χ1) is 21.4. The number of rotatable bonds is 7. The number of hydrogen-bond acceptors (Lipinski definition) is 7. The number of aromatic nitrogens is 1. The summed E-state index contributed by atoms with van der Waals surface area (Å²) in [5, 5.41) is 9.46. The van der Waals surface area contributed by atoms with Crippen LogP contribution < -0.4 is 15.8 Å². The van der Waals surface area contributed by atoms with E-state index < -0.39 is 5.91 Å². The zero-order chi connectivity index (χ0) is 30.6. The van der Waals surface area contributed by atoms with Crippen LogP contribution in [0.3, 0.4) is 0 Å². The molecule has 0 unspecified atom stereocenters. The number of aromatic amines is 1. The molecule has 0 atom stereocenters. The Balaban J connectivity index is 1.18. The average molecular weight is 602 g/mol. The molecule has 2 amide bonds. The van der Waals surface area contributed by atoms with Gasteiger partial charge < -0.3 is 4.98 Å². The van der Waals surface area contributed by atoms with Crippen molar-refractivity contribution in [3.63, 3.8) is 0 Å². The van der Waals surface area contributed by atoms with Crippen molar-refractivity contribution in [3.05, 3.63) is 137 Å². The number of benzene rings is 3. The first kappa shape index (κ1) is 28.3. The van der Waals surface area contributed by atoms with E-state index >= 15 is 0 Å². The van der Waals surface area contributed by atoms with Crippen LogP contribution in [0.25, 0.3) is 17.0 Å². The average Bonchev–Trinajstić information content (AvgIpc) is 3.57. The maximum absolute atomic E-state index is 13.3. The third kappa shape index (κ3) is 5.87. The van der Waals surface area contributed by atoms with Gasteiger partial charge in [-0.3, -0.25) is 30.1 Å². The van der Waals surface area contributed by atoms with Crippen molar-refractivity contribution in [2.75, 3.05) is 10.3 Å². The largest absolute Gasteiger partial charge is 0.361 e. The first-order valence-electron chi connectivity index (χ1n) is 13.5. The molecule has 44 heavy (non-hydrogen) atoms. The number of nitrogens with one attached hydrogen (secondary N) is 3. The summed E-state index contributed by atoms with van der Waals surface area (Å²) in [5.74, 6) is -0.645. The number of allylic oxidation sites excluding steroid dienone is 5. The highest BCUT2D eigenvalue weighted by atomic mass is 35.5. The molecule has 2 heterocycles. The summed E-state index contributed by atoms with van der Waals surface area (Å²) < 4.78 is 0. The van der Waals surface area contributed by atoms with Gasteiger partial charge in [-0.2, -0.15) is 0 Å². The number of para-hydroxylation sites is 1. The fourth-order valence-corrected chi connectivity index (χ4v) is 4.80. The van der Waals surface area contributed by atoms with Gasteiger partial charge in [-0.05, 0) is 79.7 Å². The van der Waals surface area contributed by atoms with Crippen LogP contribution in [0.5, 0.6) is 0 Å². The van der Waals surface area contributed by atoms with Gasteiger partial charge in [0.15, 0.2) is 11.6 Å². The summed E-state index contributed by atoms with van der Waals surface area (Å²) in [6, 6.07) is 21.1. The molecule has 0 saturated carbocycles. The predicted octanol–water partition coefficient (Wildman–Crippen LogP) is 6.74. The standard InChI is InChI=1S/C33H24ClN7O3/c1-20-36-29(18-22-19-35-28-8-4-2-6-26(22)28)33(44)41(20)25-16-10-21(11-17-25)32(43)40-39-31(27-7-3-5-9-30(27)42)38-37-24-14-12-23(34)13-15-24/h2-19,35,37-38H,1H3/b29-18+,31-27+,40-39?. The molecule has 11 heteroatoms. The fourth-order valence-electron chi connectivity index (χ4n) is 4.67. The Morgan fingerprint density at radius 2 is 1.70 bits per heavy atom. The molecule has 4 aromatic rings. The van der Waals surface area contributed by atoms with Gasteiger partial charge in [0, 0.05) is 33.2 Å². The van der Waals surface area contributed by atoms with Crippen LogP contribution in [0.1, 0.15) is 22.8 Å². The fraction of sp³-hybridized carbons (Fsp3) is 0.0303. The molecule has 0 saturated heterocycles. The zero-order valence-corrected chi connectivity index (χ0v) is 24.0. The number of azo groups is 1. The number of hydrogen-bond donors (Lipinski definition) is 3. The minimum Gasteiger partial charge on any atom is -0.361 e. The molecule has 0 spiro atoms.